The van der Waals surface area contributed by atoms with Gasteiger partial charge in [0, 0.05) is 0 Å². The van der Waals surface area contributed by atoms with Crippen LogP contribution in [0.1, 0.15) is 0 Å². The largest absolute Gasteiger partial charge is 0.160 e. The summed E-state index contributed by atoms with van der Waals surface area (Å²) in [5, 5.41) is 0. The molecule has 102 valence electrons. The van der Waals surface area contributed by atoms with Gasteiger partial charge in [0.2, 0.25) is 0 Å². The highest BCUT2D eigenvalue weighted by Crippen LogP contribution is 2.19. The van der Waals surface area contributed by atoms with E-state index >= 15 is 0 Å². The van der Waals surface area contributed by atoms with Gasteiger partial charge in [0.1, 0.15) is 6.26 Å². The maximum atomic E-state index is 3.82. The quantitative estimate of drug-likeness (QED) is 0.531. The molecule has 0 aliphatic heterocycles. The second-order valence-corrected chi connectivity index (χ2v) is 5.95. The van der Waals surface area contributed by atoms with Crippen molar-refractivity contribution in [1.82, 2.24) is 0 Å². The fourth-order valence-electron chi connectivity index (χ4n) is 1.56. The molecule has 20 heavy (non-hydrogen) atoms. The summed E-state index contributed by atoms with van der Waals surface area (Å²) in [4.78, 5) is 2.56. The van der Waals surface area contributed by atoms with Crippen LogP contribution in [-0.4, -0.2) is 6.26 Å². The minimum Gasteiger partial charge on any atom is -0.0989 e. The van der Waals surface area contributed by atoms with Gasteiger partial charge in [-0.15, -0.1) is 0 Å². The molecule has 0 fully saturated rings. The van der Waals surface area contributed by atoms with Crippen molar-refractivity contribution in [2.45, 2.75) is 4.90 Å². The monoisotopic (exact) mass is 281 g/mol. The van der Waals surface area contributed by atoms with Crippen molar-refractivity contribution in [2.24, 2.45) is 0 Å². The Morgan fingerprint density at radius 1 is 0.850 bits per heavy atom. The predicted octanol–water partition coefficient (Wildman–Crippen LogP) is 5.24. The van der Waals surface area contributed by atoms with Gasteiger partial charge in [0.25, 0.3) is 0 Å². The molecule has 0 amide bonds. The van der Waals surface area contributed by atoms with Crippen LogP contribution in [0.25, 0.3) is 0 Å². The zero-order valence-corrected chi connectivity index (χ0v) is 12.7. The molecule has 0 aliphatic carbocycles. The van der Waals surface area contributed by atoms with Crippen LogP contribution in [0.5, 0.6) is 0 Å². The summed E-state index contributed by atoms with van der Waals surface area (Å²) >= 11 is 0. The zero-order chi connectivity index (χ0) is 14.6. The molecule has 2 rings (SSSR count). The second-order valence-electron chi connectivity index (χ2n) is 3.99. The van der Waals surface area contributed by atoms with Gasteiger partial charge < -0.3 is 0 Å². The first kappa shape index (κ1) is 16.1. The lowest BCUT2D eigenvalue weighted by Crippen LogP contribution is -2.00. The molecule has 0 N–H and O–H groups in total. The molecule has 2 aromatic rings. The highest BCUT2D eigenvalue weighted by Gasteiger charge is 2.18. The Morgan fingerprint density at radius 2 is 1.30 bits per heavy atom. The van der Waals surface area contributed by atoms with Crippen LogP contribution in [0.3, 0.4) is 0 Å². The van der Waals surface area contributed by atoms with Gasteiger partial charge in [-0.05, 0) is 24.3 Å². The lowest BCUT2D eigenvalue weighted by atomic mass is 10.4. The van der Waals surface area contributed by atoms with Gasteiger partial charge in [-0.25, -0.2) is 0 Å². The van der Waals surface area contributed by atoms with E-state index in [1.165, 1.54) is 9.80 Å². The number of benzene rings is 2. The highest BCUT2D eigenvalue weighted by molar-refractivity contribution is 8.00. The summed E-state index contributed by atoms with van der Waals surface area (Å²) in [6.07, 6.45) is 7.93. The highest BCUT2D eigenvalue weighted by atomic mass is 32.2. The molecule has 1 unspecified atom stereocenters. The summed E-state index contributed by atoms with van der Waals surface area (Å²) in [7, 11) is 0.101. The number of hydrogen-bond acceptors (Lipinski definition) is 0. The van der Waals surface area contributed by atoms with Crippen molar-refractivity contribution in [3.8, 4) is 0 Å². The maximum absolute atomic E-state index is 3.82. The molecule has 0 saturated heterocycles. The molecule has 2 aromatic carbocycles. The van der Waals surface area contributed by atoms with Crippen LogP contribution in [0.4, 0.5) is 0 Å². The maximum Gasteiger partial charge on any atom is 0.160 e. The Balaban J connectivity index is 0.000000276. The molecular formula is C19H21S+. The van der Waals surface area contributed by atoms with E-state index in [1.807, 2.05) is 60.7 Å². The van der Waals surface area contributed by atoms with Crippen LogP contribution >= 0.6 is 0 Å². The van der Waals surface area contributed by atoms with Crippen molar-refractivity contribution in [2.75, 3.05) is 6.26 Å². The smallest absolute Gasteiger partial charge is 0.0989 e. The first-order valence-corrected chi connectivity index (χ1v) is 8.09. The number of hydrogen-bond donors (Lipinski definition) is 0. The molecule has 0 nitrogen and oxygen atoms in total. The van der Waals surface area contributed by atoms with Crippen molar-refractivity contribution >= 4 is 10.9 Å². The van der Waals surface area contributed by atoms with Gasteiger partial charge in [-0.2, -0.15) is 0 Å². The lowest BCUT2D eigenvalue weighted by molar-refractivity contribution is 1.45. The van der Waals surface area contributed by atoms with E-state index in [2.05, 4.69) is 43.7 Å². The predicted molar refractivity (Wildman–Crippen MR) is 92.9 cm³/mol. The van der Waals surface area contributed by atoms with E-state index < -0.39 is 0 Å². The van der Waals surface area contributed by atoms with Crippen molar-refractivity contribution in [3.63, 3.8) is 0 Å². The first-order valence-electron chi connectivity index (χ1n) is 6.45. The summed E-state index contributed by atoms with van der Waals surface area (Å²) < 4.78 is 0. The Morgan fingerprint density at radius 3 is 1.70 bits per heavy atom. The van der Waals surface area contributed by atoms with E-state index in [0.29, 0.717) is 0 Å². The third-order valence-electron chi connectivity index (χ3n) is 2.60. The van der Waals surface area contributed by atoms with E-state index in [1.54, 1.807) is 0 Å². The molecule has 0 aliphatic rings. The van der Waals surface area contributed by atoms with Crippen LogP contribution in [0.2, 0.25) is 0 Å². The van der Waals surface area contributed by atoms with E-state index in [0.717, 1.165) is 0 Å². The molecule has 0 saturated carbocycles. The zero-order valence-electron chi connectivity index (χ0n) is 11.9. The van der Waals surface area contributed by atoms with Crippen LogP contribution in [-0.2, 0) is 10.9 Å². The van der Waals surface area contributed by atoms with Crippen molar-refractivity contribution in [1.29, 1.82) is 0 Å². The Bertz CT molecular complexity index is 499. The minimum atomic E-state index is 0.101. The molecule has 0 radical (unpaired) electrons. The van der Waals surface area contributed by atoms with Gasteiger partial charge in [0.05, 0.1) is 10.9 Å². The van der Waals surface area contributed by atoms with E-state index in [9.17, 15) is 0 Å². The molecule has 1 heteroatoms. The van der Waals surface area contributed by atoms with E-state index in [4.69, 9.17) is 0 Å². The first-order chi connectivity index (χ1) is 9.79. The van der Waals surface area contributed by atoms with Gasteiger partial charge in [-0.3, -0.25) is 0 Å². The standard InChI is InChI=1S/C13H15S.C6H6/c1-4-9-12(5-2)14(3)13-10-7-6-8-11-13;1-2-4-6-5-3-1/h4-11H,1-2H2,3H3;1-6H/q+1;/b12-9+;. The number of allylic oxidation sites excluding steroid dienone is 3. The van der Waals surface area contributed by atoms with Crippen LogP contribution in [0.15, 0.2) is 108 Å². The molecular weight excluding hydrogens is 260 g/mol. The van der Waals surface area contributed by atoms with Gasteiger partial charge >= 0.3 is 0 Å². The van der Waals surface area contributed by atoms with Gasteiger partial charge in [0.15, 0.2) is 9.80 Å². The average molecular weight is 281 g/mol. The molecule has 0 spiro atoms. The molecule has 0 aromatic heterocycles. The summed E-state index contributed by atoms with van der Waals surface area (Å²) in [6.45, 7) is 7.52. The Labute approximate surface area is 125 Å². The molecule has 0 heterocycles. The normalized spacial score (nSPS) is 11.8. The van der Waals surface area contributed by atoms with Crippen molar-refractivity contribution < 1.29 is 0 Å². The van der Waals surface area contributed by atoms with Crippen LogP contribution < -0.4 is 0 Å². The average Bonchev–Trinajstić information content (AvgIpc) is 2.55. The Kier molecular flexibility index (Phi) is 7.93. The third kappa shape index (κ3) is 5.77. The molecule has 1 atom stereocenters. The third-order valence-corrected chi connectivity index (χ3v) is 4.59. The second kappa shape index (κ2) is 9.88. The lowest BCUT2D eigenvalue weighted by Gasteiger charge is -2.01. The summed E-state index contributed by atoms with van der Waals surface area (Å²) in [5.41, 5.74) is 0. The van der Waals surface area contributed by atoms with Gasteiger partial charge in [-0.1, -0.05) is 73.8 Å². The van der Waals surface area contributed by atoms with Crippen molar-refractivity contribution in [3.05, 3.63) is 103 Å². The summed E-state index contributed by atoms with van der Waals surface area (Å²) in [6, 6.07) is 22.4. The van der Waals surface area contributed by atoms with Crippen LogP contribution in [0, 0.1) is 0 Å². The van der Waals surface area contributed by atoms with E-state index in [-0.39, 0.29) is 10.9 Å². The molecule has 0 bridgehead atoms. The number of rotatable bonds is 4. The minimum absolute atomic E-state index is 0.101. The topological polar surface area (TPSA) is 0 Å². The summed E-state index contributed by atoms with van der Waals surface area (Å²) in [5.74, 6) is 0. The SMILES string of the molecule is C=C/C=C(\C=C)[S+](C)c1ccccc1.c1ccccc1. The fourth-order valence-corrected chi connectivity index (χ4v) is 2.94. The fraction of sp³-hybridized carbons (Fsp3) is 0.0526. The Hall–Kier alpha value is -1.99.